The van der Waals surface area contributed by atoms with Crippen molar-refractivity contribution in [3.63, 3.8) is 0 Å². The Morgan fingerprint density at radius 1 is 1.31 bits per heavy atom. The highest BCUT2D eigenvalue weighted by Crippen LogP contribution is 2.29. The van der Waals surface area contributed by atoms with Gasteiger partial charge in [0.25, 0.3) is 0 Å². The van der Waals surface area contributed by atoms with Gasteiger partial charge in [-0.3, -0.25) is 4.98 Å². The zero-order valence-corrected chi connectivity index (χ0v) is 10.0. The van der Waals surface area contributed by atoms with E-state index in [1.807, 2.05) is 30.3 Å². The first-order valence-corrected chi connectivity index (χ1v) is 5.56. The molecule has 0 radical (unpaired) electrons. The molecule has 3 nitrogen and oxygen atoms in total. The number of halogens is 1. The third kappa shape index (κ3) is 2.59. The van der Waals surface area contributed by atoms with Crippen molar-refractivity contribution in [3.05, 3.63) is 52.8 Å². The smallest absolute Gasteiger partial charge is 0.145 e. The molecule has 2 rings (SSSR count). The van der Waals surface area contributed by atoms with Gasteiger partial charge in [-0.1, -0.05) is 6.07 Å². The zero-order chi connectivity index (χ0) is 11.4. The van der Waals surface area contributed by atoms with Crippen LogP contribution in [0.4, 0.5) is 0 Å². The summed E-state index contributed by atoms with van der Waals surface area (Å²) in [5.41, 5.74) is 0.838. The summed E-state index contributed by atoms with van der Waals surface area (Å²) in [5.74, 6) is 1.38. The van der Waals surface area contributed by atoms with Gasteiger partial charge < -0.3 is 9.84 Å². The normalized spacial score (nSPS) is 10.1. The van der Waals surface area contributed by atoms with E-state index in [0.29, 0.717) is 11.5 Å². The van der Waals surface area contributed by atoms with Crippen molar-refractivity contribution in [2.75, 3.05) is 0 Å². The number of aliphatic hydroxyl groups excluding tert-OH is 1. The Labute approximate surface area is 102 Å². The highest BCUT2D eigenvalue weighted by molar-refractivity contribution is 9.10. The number of hydrogen-bond acceptors (Lipinski definition) is 3. The summed E-state index contributed by atoms with van der Waals surface area (Å²) in [7, 11) is 0. The van der Waals surface area contributed by atoms with Gasteiger partial charge in [-0.25, -0.2) is 0 Å². The van der Waals surface area contributed by atoms with Crippen molar-refractivity contribution >= 4 is 15.9 Å². The molecule has 1 N–H and O–H groups in total. The van der Waals surface area contributed by atoms with E-state index in [1.54, 1.807) is 12.4 Å². The van der Waals surface area contributed by atoms with Gasteiger partial charge in [-0.05, 0) is 45.8 Å². The van der Waals surface area contributed by atoms with Gasteiger partial charge in [0.05, 0.1) is 17.3 Å². The molecule has 0 aliphatic carbocycles. The second kappa shape index (κ2) is 5.09. The third-order valence-electron chi connectivity index (χ3n) is 2.04. The average molecular weight is 280 g/mol. The summed E-state index contributed by atoms with van der Waals surface area (Å²) in [6, 6.07) is 9.09. The molecule has 0 atom stereocenters. The topological polar surface area (TPSA) is 42.4 Å². The molecule has 0 aliphatic heterocycles. The average Bonchev–Trinajstić information content (AvgIpc) is 2.33. The van der Waals surface area contributed by atoms with E-state index in [4.69, 9.17) is 9.84 Å². The fraction of sp³-hybridized carbons (Fsp3) is 0.0833. The second-order valence-corrected chi connectivity index (χ2v) is 4.07. The summed E-state index contributed by atoms with van der Waals surface area (Å²) in [4.78, 5) is 3.96. The number of nitrogens with zero attached hydrogens (tertiary/aromatic N) is 1. The van der Waals surface area contributed by atoms with Crippen LogP contribution in [0.3, 0.4) is 0 Å². The van der Waals surface area contributed by atoms with E-state index >= 15 is 0 Å². The van der Waals surface area contributed by atoms with Crippen LogP contribution in [0.15, 0.2) is 47.2 Å². The minimum atomic E-state index is 0.0196. The molecule has 1 aromatic carbocycles. The molecule has 0 aliphatic rings. The summed E-state index contributed by atoms with van der Waals surface area (Å²) in [6.07, 6.45) is 3.34. The van der Waals surface area contributed by atoms with Gasteiger partial charge in [0.1, 0.15) is 11.5 Å². The summed E-state index contributed by atoms with van der Waals surface area (Å²) < 4.78 is 6.43. The maximum Gasteiger partial charge on any atom is 0.145 e. The molecule has 0 saturated heterocycles. The van der Waals surface area contributed by atoms with Gasteiger partial charge in [0.2, 0.25) is 0 Å². The predicted molar refractivity (Wildman–Crippen MR) is 64.4 cm³/mol. The summed E-state index contributed by atoms with van der Waals surface area (Å²) in [5, 5.41) is 8.97. The van der Waals surface area contributed by atoms with Crippen LogP contribution in [-0.2, 0) is 6.61 Å². The zero-order valence-electron chi connectivity index (χ0n) is 8.43. The quantitative estimate of drug-likeness (QED) is 0.939. The van der Waals surface area contributed by atoms with Gasteiger partial charge in [-0.2, -0.15) is 0 Å². The number of rotatable bonds is 3. The van der Waals surface area contributed by atoms with Crippen molar-refractivity contribution in [2.45, 2.75) is 6.61 Å². The molecule has 2 aromatic rings. The number of benzene rings is 1. The number of ether oxygens (including phenoxy) is 1. The Morgan fingerprint density at radius 2 is 2.19 bits per heavy atom. The first-order valence-electron chi connectivity index (χ1n) is 4.77. The van der Waals surface area contributed by atoms with Gasteiger partial charge in [-0.15, -0.1) is 0 Å². The number of hydrogen-bond donors (Lipinski definition) is 1. The Bertz CT molecular complexity index is 474. The molecule has 82 valence electrons. The molecule has 1 aromatic heterocycles. The molecule has 1 heterocycles. The SMILES string of the molecule is OCc1ccc(Oc2cccnc2)c(Br)c1. The molecular weight excluding hydrogens is 270 g/mol. The van der Waals surface area contributed by atoms with Crippen LogP contribution in [0, 0.1) is 0 Å². The van der Waals surface area contributed by atoms with E-state index < -0.39 is 0 Å². The van der Waals surface area contributed by atoms with Crippen LogP contribution >= 0.6 is 15.9 Å². The molecule has 0 unspecified atom stereocenters. The van der Waals surface area contributed by atoms with Crippen molar-refractivity contribution in [2.24, 2.45) is 0 Å². The van der Waals surface area contributed by atoms with Crippen molar-refractivity contribution in [1.82, 2.24) is 4.98 Å². The molecule has 0 fully saturated rings. The van der Waals surface area contributed by atoms with Crippen LogP contribution in [0.1, 0.15) is 5.56 Å². The fourth-order valence-corrected chi connectivity index (χ4v) is 1.77. The monoisotopic (exact) mass is 279 g/mol. The molecule has 4 heteroatoms. The lowest BCUT2D eigenvalue weighted by Gasteiger charge is -2.08. The van der Waals surface area contributed by atoms with Gasteiger partial charge in [0.15, 0.2) is 0 Å². The van der Waals surface area contributed by atoms with E-state index in [-0.39, 0.29) is 6.61 Å². The summed E-state index contributed by atoms with van der Waals surface area (Å²) in [6.45, 7) is 0.0196. The van der Waals surface area contributed by atoms with Crippen molar-refractivity contribution < 1.29 is 9.84 Å². The van der Waals surface area contributed by atoms with Crippen molar-refractivity contribution in [1.29, 1.82) is 0 Å². The predicted octanol–water partition coefficient (Wildman–Crippen LogP) is 3.13. The number of aliphatic hydroxyl groups is 1. The van der Waals surface area contributed by atoms with Crippen LogP contribution < -0.4 is 4.74 Å². The lowest BCUT2D eigenvalue weighted by atomic mass is 10.2. The van der Waals surface area contributed by atoms with Gasteiger partial charge >= 0.3 is 0 Å². The molecular formula is C12H10BrNO2. The molecule has 16 heavy (non-hydrogen) atoms. The molecule has 0 spiro atoms. The van der Waals surface area contributed by atoms with Crippen LogP contribution in [0.25, 0.3) is 0 Å². The first kappa shape index (κ1) is 11.1. The fourth-order valence-electron chi connectivity index (χ4n) is 1.26. The Balaban J connectivity index is 2.22. The van der Waals surface area contributed by atoms with Crippen LogP contribution in [0.5, 0.6) is 11.5 Å². The Hall–Kier alpha value is -1.39. The maximum atomic E-state index is 8.97. The van der Waals surface area contributed by atoms with Crippen LogP contribution in [0.2, 0.25) is 0 Å². The first-order chi connectivity index (χ1) is 7.79. The highest BCUT2D eigenvalue weighted by atomic mass is 79.9. The van der Waals surface area contributed by atoms with E-state index in [0.717, 1.165) is 10.0 Å². The third-order valence-corrected chi connectivity index (χ3v) is 2.66. The minimum absolute atomic E-state index is 0.0196. The van der Waals surface area contributed by atoms with E-state index in [2.05, 4.69) is 20.9 Å². The van der Waals surface area contributed by atoms with E-state index in [9.17, 15) is 0 Å². The summed E-state index contributed by atoms with van der Waals surface area (Å²) >= 11 is 3.39. The highest BCUT2D eigenvalue weighted by Gasteiger charge is 2.03. The van der Waals surface area contributed by atoms with Crippen molar-refractivity contribution in [3.8, 4) is 11.5 Å². The number of aromatic nitrogens is 1. The number of pyridine rings is 1. The lowest BCUT2D eigenvalue weighted by molar-refractivity contribution is 0.281. The van der Waals surface area contributed by atoms with E-state index in [1.165, 1.54) is 0 Å². The largest absolute Gasteiger partial charge is 0.455 e. The lowest BCUT2D eigenvalue weighted by Crippen LogP contribution is -1.88. The molecule has 0 amide bonds. The Morgan fingerprint density at radius 3 is 2.81 bits per heavy atom. The van der Waals surface area contributed by atoms with Gasteiger partial charge in [0, 0.05) is 6.20 Å². The van der Waals surface area contributed by atoms with Crippen LogP contribution in [-0.4, -0.2) is 10.1 Å². The second-order valence-electron chi connectivity index (χ2n) is 3.21. The molecule has 0 saturated carbocycles. The standard InChI is InChI=1S/C12H10BrNO2/c13-11-6-9(8-15)3-4-12(11)16-10-2-1-5-14-7-10/h1-7,15H,8H2. The Kier molecular flexibility index (Phi) is 3.54. The molecule has 0 bridgehead atoms. The maximum absolute atomic E-state index is 8.97. The minimum Gasteiger partial charge on any atom is -0.455 e.